The van der Waals surface area contributed by atoms with Crippen LogP contribution in [0.25, 0.3) is 0 Å². The van der Waals surface area contributed by atoms with Crippen molar-refractivity contribution >= 4 is 11.9 Å². The molecule has 0 aliphatic rings. The van der Waals surface area contributed by atoms with Crippen molar-refractivity contribution in [3.05, 3.63) is 0 Å². The summed E-state index contributed by atoms with van der Waals surface area (Å²) in [5.74, 6) is -0.732. The maximum atomic E-state index is 11.9. The Hall–Kier alpha value is -1.14. The first-order valence-corrected chi connectivity index (χ1v) is 15.0. The van der Waals surface area contributed by atoms with Crippen LogP contribution in [0.15, 0.2) is 0 Å². The van der Waals surface area contributed by atoms with E-state index in [0.29, 0.717) is 18.6 Å². The summed E-state index contributed by atoms with van der Waals surface area (Å²) < 4.78 is 11.8. The van der Waals surface area contributed by atoms with Crippen molar-refractivity contribution in [2.24, 2.45) is 0 Å². The van der Waals surface area contributed by atoms with Gasteiger partial charge >= 0.3 is 11.9 Å². The Labute approximate surface area is 222 Å². The van der Waals surface area contributed by atoms with E-state index in [2.05, 4.69) is 39.6 Å². The summed E-state index contributed by atoms with van der Waals surface area (Å²) >= 11 is 0. The fraction of sp³-hybridized carbons (Fsp3) is 0.933. The summed E-state index contributed by atoms with van der Waals surface area (Å²) in [6.45, 7) is 10.5. The summed E-state index contributed by atoms with van der Waals surface area (Å²) in [6, 6.07) is 0.587. The van der Waals surface area contributed by atoms with Gasteiger partial charge in [0.2, 0.25) is 0 Å². The molecule has 214 valence electrons. The number of carboxylic acid groups (broad SMARTS) is 1. The Bertz CT molecular complexity index is 521. The molecule has 0 aliphatic heterocycles. The van der Waals surface area contributed by atoms with Crippen LogP contribution in [0.3, 0.4) is 0 Å². The minimum Gasteiger partial charge on any atom is -0.481 e. The number of carbonyl (C=O) groups excluding carboxylic acids is 1. The van der Waals surface area contributed by atoms with Crippen molar-refractivity contribution in [3.63, 3.8) is 0 Å². The minimum absolute atomic E-state index is 0.0419. The van der Waals surface area contributed by atoms with Gasteiger partial charge in [-0.1, -0.05) is 65.2 Å². The topological polar surface area (TPSA) is 76.1 Å². The van der Waals surface area contributed by atoms with Crippen LogP contribution in [0.4, 0.5) is 0 Å². The number of hydrogen-bond acceptors (Lipinski definition) is 5. The van der Waals surface area contributed by atoms with Crippen LogP contribution in [0.1, 0.15) is 143 Å². The highest BCUT2D eigenvalue weighted by Crippen LogP contribution is 2.18. The van der Waals surface area contributed by atoms with Crippen molar-refractivity contribution in [3.8, 4) is 0 Å². The number of aliphatic carboxylic acids is 1. The highest BCUT2D eigenvalue weighted by molar-refractivity contribution is 5.69. The van der Waals surface area contributed by atoms with Crippen LogP contribution in [-0.2, 0) is 19.1 Å². The third kappa shape index (κ3) is 22.1. The molecule has 36 heavy (non-hydrogen) atoms. The molecule has 1 atom stereocenters. The van der Waals surface area contributed by atoms with Gasteiger partial charge in [-0.15, -0.1) is 0 Å². The molecule has 0 aromatic carbocycles. The fourth-order valence-corrected chi connectivity index (χ4v) is 4.33. The molecular weight excluding hydrogens is 454 g/mol. The van der Waals surface area contributed by atoms with Gasteiger partial charge in [0.15, 0.2) is 0 Å². The minimum atomic E-state index is -0.690. The smallest absolute Gasteiger partial charge is 0.306 e. The zero-order valence-electron chi connectivity index (χ0n) is 24.4. The lowest BCUT2D eigenvalue weighted by molar-refractivity contribution is -0.149. The second-order valence-electron chi connectivity index (χ2n) is 10.7. The van der Waals surface area contributed by atoms with Crippen LogP contribution in [0.5, 0.6) is 0 Å². The Kier molecular flexibility index (Phi) is 23.4. The lowest BCUT2D eigenvalue weighted by Crippen LogP contribution is -2.27. The van der Waals surface area contributed by atoms with E-state index in [1.165, 1.54) is 19.3 Å². The monoisotopic (exact) mass is 513 g/mol. The molecule has 0 aromatic heterocycles. The molecule has 1 unspecified atom stereocenters. The van der Waals surface area contributed by atoms with E-state index in [9.17, 15) is 9.59 Å². The Morgan fingerprint density at radius 2 is 1.25 bits per heavy atom. The Balaban J connectivity index is 4.09. The van der Waals surface area contributed by atoms with Crippen LogP contribution in [-0.4, -0.2) is 60.4 Å². The first kappa shape index (κ1) is 34.9. The molecular formula is C30H59NO5. The first-order valence-electron chi connectivity index (χ1n) is 15.0. The summed E-state index contributed by atoms with van der Waals surface area (Å²) in [6.07, 6.45) is 18.3. The van der Waals surface area contributed by atoms with Crippen molar-refractivity contribution in [2.45, 2.75) is 162 Å². The fourth-order valence-electron chi connectivity index (χ4n) is 4.33. The third-order valence-corrected chi connectivity index (χ3v) is 7.17. The molecule has 0 saturated heterocycles. The molecule has 6 nitrogen and oxygen atoms in total. The maximum Gasteiger partial charge on any atom is 0.306 e. The molecule has 1 N–H and O–H groups in total. The number of nitrogens with zero attached hydrogens (tertiary/aromatic N) is 1. The average Bonchev–Trinajstić information content (AvgIpc) is 2.84. The molecule has 0 heterocycles. The van der Waals surface area contributed by atoms with Crippen molar-refractivity contribution < 1.29 is 24.2 Å². The lowest BCUT2D eigenvalue weighted by atomic mass is 10.0. The molecule has 0 aromatic rings. The van der Waals surface area contributed by atoms with Gasteiger partial charge in [0.1, 0.15) is 6.10 Å². The highest BCUT2D eigenvalue weighted by atomic mass is 16.5. The second-order valence-corrected chi connectivity index (χ2v) is 10.7. The lowest BCUT2D eigenvalue weighted by Gasteiger charge is -2.21. The molecule has 0 rings (SSSR count). The SMILES string of the molecule is CCC(CC)OC(=O)CCCCCCCC(CCCCCCCC(=O)O)OCCCCN(C)C(C)C. The quantitative estimate of drug-likeness (QED) is 0.0940. The molecule has 0 spiro atoms. The van der Waals surface area contributed by atoms with E-state index >= 15 is 0 Å². The number of rotatable bonds is 26. The largest absolute Gasteiger partial charge is 0.481 e. The van der Waals surface area contributed by atoms with Gasteiger partial charge in [-0.3, -0.25) is 9.59 Å². The van der Waals surface area contributed by atoms with Gasteiger partial charge in [0, 0.05) is 25.5 Å². The molecule has 0 amide bonds. The second kappa shape index (κ2) is 24.2. The van der Waals surface area contributed by atoms with Crippen molar-refractivity contribution in [1.29, 1.82) is 0 Å². The summed E-state index contributed by atoms with van der Waals surface area (Å²) in [4.78, 5) is 24.9. The van der Waals surface area contributed by atoms with E-state index in [0.717, 1.165) is 96.6 Å². The van der Waals surface area contributed by atoms with Crippen LogP contribution in [0.2, 0.25) is 0 Å². The molecule has 0 bridgehead atoms. The predicted molar refractivity (Wildman–Crippen MR) is 149 cm³/mol. The van der Waals surface area contributed by atoms with Gasteiger partial charge in [0.25, 0.3) is 0 Å². The summed E-state index contributed by atoms with van der Waals surface area (Å²) in [5, 5.41) is 8.75. The average molecular weight is 514 g/mol. The van der Waals surface area contributed by atoms with Gasteiger partial charge in [-0.25, -0.2) is 0 Å². The van der Waals surface area contributed by atoms with Gasteiger partial charge in [-0.05, 0) is 78.8 Å². The van der Waals surface area contributed by atoms with E-state index in [4.69, 9.17) is 14.6 Å². The van der Waals surface area contributed by atoms with E-state index in [1.807, 2.05) is 0 Å². The summed E-state index contributed by atoms with van der Waals surface area (Å²) in [7, 11) is 2.18. The van der Waals surface area contributed by atoms with Crippen LogP contribution in [0, 0.1) is 0 Å². The number of carbonyl (C=O) groups is 2. The molecule has 0 radical (unpaired) electrons. The molecule has 0 fully saturated rings. The van der Waals surface area contributed by atoms with Crippen LogP contribution >= 0.6 is 0 Å². The zero-order valence-corrected chi connectivity index (χ0v) is 24.4. The predicted octanol–water partition coefficient (Wildman–Crippen LogP) is 7.77. The number of ether oxygens (including phenoxy) is 2. The highest BCUT2D eigenvalue weighted by Gasteiger charge is 2.11. The third-order valence-electron chi connectivity index (χ3n) is 7.17. The van der Waals surface area contributed by atoms with E-state index in [1.54, 1.807) is 0 Å². The van der Waals surface area contributed by atoms with Crippen molar-refractivity contribution in [1.82, 2.24) is 4.90 Å². The molecule has 0 saturated carbocycles. The number of carboxylic acids is 1. The summed E-state index contributed by atoms with van der Waals surface area (Å²) in [5.41, 5.74) is 0. The zero-order chi connectivity index (χ0) is 27.0. The van der Waals surface area contributed by atoms with Crippen LogP contribution < -0.4 is 0 Å². The Morgan fingerprint density at radius 1 is 0.722 bits per heavy atom. The number of hydrogen-bond donors (Lipinski definition) is 1. The normalized spacial score (nSPS) is 12.6. The first-order chi connectivity index (χ1) is 17.3. The molecule has 6 heteroatoms. The van der Waals surface area contributed by atoms with Crippen molar-refractivity contribution in [2.75, 3.05) is 20.2 Å². The van der Waals surface area contributed by atoms with Gasteiger partial charge < -0.3 is 19.5 Å². The number of esters is 1. The van der Waals surface area contributed by atoms with Gasteiger partial charge in [-0.2, -0.15) is 0 Å². The Morgan fingerprint density at radius 3 is 1.78 bits per heavy atom. The van der Waals surface area contributed by atoms with E-state index in [-0.39, 0.29) is 18.5 Å². The maximum absolute atomic E-state index is 11.9. The number of unbranched alkanes of at least 4 members (excludes halogenated alkanes) is 9. The molecule has 0 aliphatic carbocycles. The van der Waals surface area contributed by atoms with E-state index < -0.39 is 5.97 Å². The standard InChI is InChI=1S/C30H59NO5/c1-6-27(7-2)36-30(34)23-17-13-9-11-15-21-28(20-14-10-8-12-16-22-29(32)33)35-25-19-18-24-31(5)26(3)4/h26-28H,6-25H2,1-5H3,(H,32,33). The van der Waals surface area contributed by atoms with Gasteiger partial charge in [0.05, 0.1) is 6.10 Å².